The van der Waals surface area contributed by atoms with E-state index in [0.717, 1.165) is 16.6 Å². The van der Waals surface area contributed by atoms with Crippen LogP contribution in [0.15, 0.2) is 42.2 Å². The van der Waals surface area contributed by atoms with E-state index in [1.165, 1.54) is 0 Å². The Morgan fingerprint density at radius 1 is 1.29 bits per heavy atom. The van der Waals surface area contributed by atoms with Gasteiger partial charge in [0.05, 0.1) is 11.0 Å². The van der Waals surface area contributed by atoms with E-state index in [4.69, 9.17) is 21.1 Å². The number of aromatic nitrogens is 2. The minimum Gasteiger partial charge on any atom is -0.507 e. The minimum atomic E-state index is -0.684. The van der Waals surface area contributed by atoms with E-state index >= 15 is 0 Å². The summed E-state index contributed by atoms with van der Waals surface area (Å²) in [6, 6.07) is 12.7. The van der Waals surface area contributed by atoms with Gasteiger partial charge in [0.1, 0.15) is 24.0 Å². The number of fused-ring (bicyclic) bond motifs is 1. The normalized spacial score (nSPS) is 11.9. The molecule has 1 heterocycles. The van der Waals surface area contributed by atoms with Crippen molar-refractivity contribution in [3.05, 3.63) is 64.1 Å². The van der Waals surface area contributed by atoms with E-state index in [2.05, 4.69) is 9.97 Å². The highest BCUT2D eigenvalue weighted by molar-refractivity contribution is 6.31. The van der Waals surface area contributed by atoms with Gasteiger partial charge in [-0.25, -0.2) is 9.78 Å². The van der Waals surface area contributed by atoms with Gasteiger partial charge in [0.25, 0.3) is 0 Å². The number of aryl methyl sites for hydroxylation is 1. The molecule has 7 nitrogen and oxygen atoms in total. The molecule has 2 N–H and O–H groups in total. The predicted octanol–water partition coefficient (Wildman–Crippen LogP) is 5.06. The van der Waals surface area contributed by atoms with Gasteiger partial charge in [-0.1, -0.05) is 37.6 Å². The van der Waals surface area contributed by atoms with Crippen molar-refractivity contribution in [3.63, 3.8) is 0 Å². The molecule has 160 valence electrons. The summed E-state index contributed by atoms with van der Waals surface area (Å²) in [5.41, 5.74) is 2.99. The first kappa shape index (κ1) is 22.2. The molecule has 0 unspecified atom stereocenters. The number of nitriles is 1. The average Bonchev–Trinajstić information content (AvgIpc) is 3.16. The predicted molar refractivity (Wildman–Crippen MR) is 118 cm³/mol. The number of aromatic amines is 1. The zero-order chi connectivity index (χ0) is 22.5. The smallest absolute Gasteiger partial charge is 0.344 e. The van der Waals surface area contributed by atoms with E-state index in [-0.39, 0.29) is 23.9 Å². The number of imidazole rings is 1. The highest BCUT2D eigenvalue weighted by Gasteiger charge is 2.16. The highest BCUT2D eigenvalue weighted by atomic mass is 35.5. The highest BCUT2D eigenvalue weighted by Crippen LogP contribution is 2.32. The Labute approximate surface area is 184 Å². The summed E-state index contributed by atoms with van der Waals surface area (Å²) in [5.74, 6) is -0.186. The molecule has 0 radical (unpaired) electrons. The number of hydrogen-bond donors (Lipinski definition) is 2. The lowest BCUT2D eigenvalue weighted by molar-refractivity contribution is -0.145. The van der Waals surface area contributed by atoms with Gasteiger partial charge in [-0.3, -0.25) is 0 Å². The molecule has 31 heavy (non-hydrogen) atoms. The monoisotopic (exact) mass is 439 g/mol. The Morgan fingerprint density at radius 3 is 2.71 bits per heavy atom. The molecule has 2 aromatic carbocycles. The van der Waals surface area contributed by atoms with Gasteiger partial charge in [-0.15, -0.1) is 0 Å². The third-order valence-electron chi connectivity index (χ3n) is 4.66. The summed E-state index contributed by atoms with van der Waals surface area (Å²) >= 11 is 6.18. The topological polar surface area (TPSA) is 108 Å². The Bertz CT molecular complexity index is 1160. The van der Waals surface area contributed by atoms with Crippen LogP contribution in [0.25, 0.3) is 16.6 Å². The molecule has 0 aliphatic rings. The zero-order valence-electron chi connectivity index (χ0n) is 17.4. The maximum absolute atomic E-state index is 12.1. The number of allylic oxidation sites excluding steroid dienone is 1. The molecular formula is C23H22ClN3O4. The van der Waals surface area contributed by atoms with Gasteiger partial charge in [0, 0.05) is 5.02 Å². The minimum absolute atomic E-state index is 0.0969. The van der Waals surface area contributed by atoms with Crippen molar-refractivity contribution in [1.29, 1.82) is 5.26 Å². The quantitative estimate of drug-likeness (QED) is 0.302. The Balaban J connectivity index is 1.66. The maximum Gasteiger partial charge on any atom is 0.344 e. The van der Waals surface area contributed by atoms with Gasteiger partial charge in [-0.2, -0.15) is 5.26 Å². The number of benzene rings is 2. The van der Waals surface area contributed by atoms with Crippen LogP contribution in [0.2, 0.25) is 5.02 Å². The Kier molecular flexibility index (Phi) is 6.83. The first-order valence-corrected chi connectivity index (χ1v) is 10.0. The molecule has 8 heteroatoms. The van der Waals surface area contributed by atoms with Crippen molar-refractivity contribution in [1.82, 2.24) is 9.97 Å². The number of nitrogens with zero attached hydrogens (tertiary/aromatic N) is 2. The number of ether oxygens (including phenoxy) is 2. The number of para-hydroxylation sites is 2. The maximum atomic E-state index is 12.1. The van der Waals surface area contributed by atoms with E-state index < -0.39 is 18.3 Å². The second-order valence-electron chi connectivity index (χ2n) is 7.28. The van der Waals surface area contributed by atoms with Gasteiger partial charge >= 0.3 is 5.97 Å². The number of carbonyl (C=O) groups is 1. The molecule has 3 aromatic rings. The van der Waals surface area contributed by atoms with Crippen LogP contribution < -0.4 is 4.74 Å². The standard InChI is InChI=1S/C23H22ClN3O4/c1-13(2)15-9-17(24)14(3)8-21(15)30-12-22(29)31-11-20(28)16(10-25)23-26-18-6-4-5-7-19(18)27-23/h4-9,13,28H,11-12H2,1-3H3,(H,26,27). The van der Waals surface area contributed by atoms with Crippen molar-refractivity contribution >= 4 is 34.2 Å². The van der Waals surface area contributed by atoms with Crippen LogP contribution in [-0.4, -0.2) is 34.3 Å². The summed E-state index contributed by atoms with van der Waals surface area (Å²) in [6.07, 6.45) is 0. The second kappa shape index (κ2) is 9.54. The lowest BCUT2D eigenvalue weighted by Gasteiger charge is -2.15. The SMILES string of the molecule is Cc1cc(OCC(=O)OCC(O)=C(C#N)c2nc3ccccc3[nH]2)c(C(C)C)cc1Cl. The Hall–Kier alpha value is -3.50. The number of halogens is 1. The molecule has 0 aliphatic heterocycles. The number of carbonyl (C=O) groups excluding carboxylic acids is 1. The van der Waals surface area contributed by atoms with Crippen LogP contribution >= 0.6 is 11.6 Å². The van der Waals surface area contributed by atoms with Crippen molar-refractivity contribution in [2.45, 2.75) is 26.7 Å². The first-order valence-electron chi connectivity index (χ1n) is 9.66. The molecule has 3 rings (SSSR count). The number of aliphatic hydroxyl groups is 1. The molecule has 0 saturated carbocycles. The first-order chi connectivity index (χ1) is 14.8. The average molecular weight is 440 g/mol. The van der Waals surface area contributed by atoms with Gasteiger partial charge in [0.2, 0.25) is 0 Å². The van der Waals surface area contributed by atoms with Crippen LogP contribution in [0.5, 0.6) is 5.75 Å². The summed E-state index contributed by atoms with van der Waals surface area (Å²) in [5, 5.41) is 20.3. The number of aliphatic hydroxyl groups excluding tert-OH is 1. The molecule has 0 fully saturated rings. The van der Waals surface area contributed by atoms with Crippen molar-refractivity contribution in [3.8, 4) is 11.8 Å². The number of nitrogens with one attached hydrogen (secondary N) is 1. The molecule has 1 aromatic heterocycles. The molecule has 0 atom stereocenters. The van der Waals surface area contributed by atoms with E-state index in [1.807, 2.05) is 45.0 Å². The molecule has 0 saturated heterocycles. The lowest BCUT2D eigenvalue weighted by atomic mass is 10.0. The number of H-pyrrole nitrogens is 1. The van der Waals surface area contributed by atoms with Crippen LogP contribution in [0.3, 0.4) is 0 Å². The van der Waals surface area contributed by atoms with E-state index in [9.17, 15) is 15.2 Å². The lowest BCUT2D eigenvalue weighted by Crippen LogP contribution is -2.17. The fourth-order valence-corrected chi connectivity index (χ4v) is 3.14. The fourth-order valence-electron chi connectivity index (χ4n) is 2.97. The fraction of sp³-hybridized carbons (Fsp3) is 0.261. The van der Waals surface area contributed by atoms with Crippen molar-refractivity contribution < 1.29 is 19.4 Å². The number of hydrogen-bond acceptors (Lipinski definition) is 6. The van der Waals surface area contributed by atoms with Gasteiger partial charge in [-0.05, 0) is 48.2 Å². The van der Waals surface area contributed by atoms with Gasteiger partial charge < -0.3 is 19.6 Å². The molecule has 0 spiro atoms. The van der Waals surface area contributed by atoms with Crippen LogP contribution in [0.4, 0.5) is 0 Å². The molecule has 0 bridgehead atoms. The summed E-state index contributed by atoms with van der Waals surface area (Å²) < 4.78 is 10.7. The molecular weight excluding hydrogens is 418 g/mol. The third-order valence-corrected chi connectivity index (χ3v) is 5.06. The van der Waals surface area contributed by atoms with Crippen molar-refractivity contribution in [2.75, 3.05) is 13.2 Å². The number of esters is 1. The van der Waals surface area contributed by atoms with Gasteiger partial charge in [0.15, 0.2) is 18.2 Å². The largest absolute Gasteiger partial charge is 0.507 e. The Morgan fingerprint density at radius 2 is 2.03 bits per heavy atom. The zero-order valence-corrected chi connectivity index (χ0v) is 18.2. The summed E-state index contributed by atoms with van der Waals surface area (Å²) in [4.78, 5) is 19.4. The molecule has 0 aliphatic carbocycles. The summed E-state index contributed by atoms with van der Waals surface area (Å²) in [6.45, 7) is 5.02. The van der Waals surface area contributed by atoms with E-state index in [1.54, 1.807) is 18.2 Å². The molecule has 0 amide bonds. The third kappa shape index (κ3) is 5.16. The van der Waals surface area contributed by atoms with Crippen LogP contribution in [-0.2, 0) is 9.53 Å². The van der Waals surface area contributed by atoms with E-state index in [0.29, 0.717) is 16.3 Å². The second-order valence-corrected chi connectivity index (χ2v) is 7.69. The van der Waals surface area contributed by atoms with Crippen LogP contribution in [0.1, 0.15) is 36.7 Å². The number of rotatable bonds is 7. The van der Waals surface area contributed by atoms with Crippen LogP contribution in [0, 0.1) is 18.3 Å². The van der Waals surface area contributed by atoms with Crippen molar-refractivity contribution in [2.24, 2.45) is 0 Å². The summed E-state index contributed by atoms with van der Waals surface area (Å²) in [7, 11) is 0.